The van der Waals surface area contributed by atoms with E-state index in [0.717, 1.165) is 29.7 Å². The summed E-state index contributed by atoms with van der Waals surface area (Å²) in [6.07, 6.45) is 2.85. The number of aromatic nitrogens is 1. The molecule has 0 radical (unpaired) electrons. The molecule has 2 aromatic carbocycles. The third-order valence-electron chi connectivity index (χ3n) is 10.2. The molecule has 4 heterocycles. The fraction of sp³-hybridized carbons (Fsp3) is 0.429. The van der Waals surface area contributed by atoms with E-state index in [0.29, 0.717) is 63.5 Å². The third kappa shape index (κ3) is 4.87. The number of urea groups is 1. The Bertz CT molecular complexity index is 1620. The maximum absolute atomic E-state index is 14.3. The van der Waals surface area contributed by atoms with Crippen LogP contribution in [0.1, 0.15) is 56.4 Å². The van der Waals surface area contributed by atoms with Gasteiger partial charge in [0.1, 0.15) is 5.69 Å². The van der Waals surface area contributed by atoms with Crippen LogP contribution in [-0.4, -0.2) is 95.0 Å². The van der Waals surface area contributed by atoms with E-state index < -0.39 is 11.5 Å². The second kappa shape index (κ2) is 11.7. The predicted molar refractivity (Wildman–Crippen MR) is 167 cm³/mol. The number of carbonyl (C=O) groups is 4. The largest absolute Gasteiger partial charge is 0.467 e. The van der Waals surface area contributed by atoms with Crippen LogP contribution in [0.15, 0.2) is 66.7 Å². The Morgan fingerprint density at radius 1 is 0.933 bits per heavy atom. The summed E-state index contributed by atoms with van der Waals surface area (Å²) in [5.41, 5.74) is 2.67. The summed E-state index contributed by atoms with van der Waals surface area (Å²) in [4.78, 5) is 60.3. The molecule has 234 valence electrons. The Morgan fingerprint density at radius 3 is 2.31 bits per heavy atom. The molecule has 0 saturated carbocycles. The van der Waals surface area contributed by atoms with Gasteiger partial charge in [-0.15, -0.1) is 0 Å². The highest BCUT2D eigenvalue weighted by Crippen LogP contribution is 2.55. The summed E-state index contributed by atoms with van der Waals surface area (Å²) in [6.45, 7) is 4.02. The van der Waals surface area contributed by atoms with Crippen molar-refractivity contribution in [2.75, 3.05) is 46.4 Å². The van der Waals surface area contributed by atoms with Gasteiger partial charge in [0.15, 0.2) is 5.54 Å². The first kappa shape index (κ1) is 29.1. The number of amides is 4. The van der Waals surface area contributed by atoms with Crippen molar-refractivity contribution < 1.29 is 23.9 Å². The first-order valence-electron chi connectivity index (χ1n) is 16.0. The summed E-state index contributed by atoms with van der Waals surface area (Å²) < 4.78 is 7.67. The number of hydrogen-bond donors (Lipinski definition) is 1. The smallest absolute Gasteiger partial charge is 0.332 e. The topological polar surface area (TPSA) is 104 Å². The second-order valence-corrected chi connectivity index (χ2v) is 12.6. The molecule has 4 amide bonds. The van der Waals surface area contributed by atoms with Gasteiger partial charge in [0.25, 0.3) is 11.8 Å². The summed E-state index contributed by atoms with van der Waals surface area (Å²) in [5, 5.41) is 2.86. The molecule has 45 heavy (non-hydrogen) atoms. The van der Waals surface area contributed by atoms with Crippen molar-refractivity contribution in [3.63, 3.8) is 0 Å². The Morgan fingerprint density at radius 2 is 1.64 bits per heavy atom. The average Bonchev–Trinajstić information content (AvgIpc) is 3.90. The Labute approximate surface area is 262 Å². The molecule has 1 aliphatic carbocycles. The maximum Gasteiger partial charge on any atom is 0.332 e. The quantitative estimate of drug-likeness (QED) is 0.395. The number of nitrogens with one attached hydrogen (secondary N) is 1. The minimum atomic E-state index is -1.31. The van der Waals surface area contributed by atoms with E-state index in [9.17, 15) is 19.2 Å². The number of fused-ring (bicyclic) bond motifs is 3. The summed E-state index contributed by atoms with van der Waals surface area (Å²) >= 11 is 0. The number of carbonyl (C=O) groups excluding carboxylic acids is 4. The molecule has 0 bridgehead atoms. The lowest BCUT2D eigenvalue weighted by Crippen LogP contribution is -2.58. The third-order valence-corrected chi connectivity index (χ3v) is 10.2. The Kier molecular flexibility index (Phi) is 7.59. The molecule has 10 heteroatoms. The lowest BCUT2D eigenvalue weighted by Gasteiger charge is -2.40. The maximum atomic E-state index is 14.3. The van der Waals surface area contributed by atoms with E-state index in [4.69, 9.17) is 4.74 Å². The molecule has 3 aliphatic heterocycles. The highest BCUT2D eigenvalue weighted by molar-refractivity contribution is 6.00. The summed E-state index contributed by atoms with van der Waals surface area (Å²) in [5.74, 6) is -1.09. The first-order valence-corrected chi connectivity index (χ1v) is 16.0. The zero-order valence-electron chi connectivity index (χ0n) is 25.6. The van der Waals surface area contributed by atoms with Crippen LogP contribution in [-0.2, 0) is 28.9 Å². The van der Waals surface area contributed by atoms with Crippen molar-refractivity contribution in [2.24, 2.45) is 5.92 Å². The molecule has 3 atom stereocenters. The van der Waals surface area contributed by atoms with Gasteiger partial charge in [-0.2, -0.15) is 0 Å². The highest BCUT2D eigenvalue weighted by atomic mass is 16.5. The number of esters is 1. The SMILES string of the molecule is COC(=O)[C@@]1(Cc2ccccc2)[C@H]2c3cc(C(=O)N4CCCC4)n(CCN4CCNC4=O)c3C[C@H]2CN1C(=O)c1ccccc1. The highest BCUT2D eigenvalue weighted by Gasteiger charge is 2.64. The van der Waals surface area contributed by atoms with E-state index in [1.165, 1.54) is 7.11 Å². The van der Waals surface area contributed by atoms with E-state index in [1.54, 1.807) is 21.9 Å². The second-order valence-electron chi connectivity index (χ2n) is 12.6. The Balaban J connectivity index is 1.35. The van der Waals surface area contributed by atoms with Crippen molar-refractivity contribution in [1.29, 1.82) is 0 Å². The molecule has 10 nitrogen and oxygen atoms in total. The number of ether oxygens (including phenoxy) is 1. The van der Waals surface area contributed by atoms with E-state index in [1.807, 2.05) is 59.5 Å². The molecule has 3 saturated heterocycles. The molecule has 1 aromatic heterocycles. The van der Waals surface area contributed by atoms with E-state index in [2.05, 4.69) is 9.88 Å². The van der Waals surface area contributed by atoms with Gasteiger partial charge in [0.05, 0.1) is 7.11 Å². The summed E-state index contributed by atoms with van der Waals surface area (Å²) in [7, 11) is 1.39. The fourth-order valence-electron chi connectivity index (χ4n) is 8.17. The van der Waals surface area contributed by atoms with E-state index >= 15 is 0 Å². The average molecular weight is 610 g/mol. The van der Waals surface area contributed by atoms with Crippen molar-refractivity contribution in [3.8, 4) is 0 Å². The van der Waals surface area contributed by atoms with Gasteiger partial charge < -0.3 is 29.3 Å². The van der Waals surface area contributed by atoms with Gasteiger partial charge >= 0.3 is 12.0 Å². The molecule has 0 unspecified atom stereocenters. The van der Waals surface area contributed by atoms with Crippen LogP contribution < -0.4 is 5.32 Å². The van der Waals surface area contributed by atoms with Crippen LogP contribution >= 0.6 is 0 Å². The number of likely N-dealkylation sites (tertiary alicyclic amines) is 2. The predicted octanol–water partition coefficient (Wildman–Crippen LogP) is 3.32. The minimum absolute atomic E-state index is 0.0220. The Hall–Kier alpha value is -4.60. The van der Waals surface area contributed by atoms with Gasteiger partial charge in [-0.05, 0) is 54.5 Å². The molecular formula is C35H39N5O5. The standard InChI is InChI=1S/C35H39N5O5/c1-45-33(43)35(22-24-10-4-2-5-11-24)30-26(23-40(35)31(41)25-12-6-3-7-13-25)20-28-27(30)21-29(32(42)37-15-8-9-16-37)39(28)19-18-38-17-14-36-34(38)44/h2-7,10-13,21,26,30H,8-9,14-20,22-23H2,1H3,(H,36,44)/t26-,30+,35+/m0/s1. The van der Waals surface area contributed by atoms with Gasteiger partial charge in [0, 0.05) is 69.4 Å². The minimum Gasteiger partial charge on any atom is -0.467 e. The van der Waals surface area contributed by atoms with Crippen LogP contribution in [0.2, 0.25) is 0 Å². The first-order chi connectivity index (χ1) is 21.9. The monoisotopic (exact) mass is 609 g/mol. The molecule has 3 aromatic rings. The number of hydrogen-bond acceptors (Lipinski definition) is 5. The van der Waals surface area contributed by atoms with Gasteiger partial charge in [-0.3, -0.25) is 9.59 Å². The van der Waals surface area contributed by atoms with Gasteiger partial charge in [0.2, 0.25) is 0 Å². The lowest BCUT2D eigenvalue weighted by atomic mass is 9.75. The van der Waals surface area contributed by atoms with Crippen LogP contribution in [0.4, 0.5) is 4.79 Å². The van der Waals surface area contributed by atoms with Crippen LogP contribution in [0.3, 0.4) is 0 Å². The van der Waals surface area contributed by atoms with Crippen molar-refractivity contribution in [3.05, 3.63) is 94.8 Å². The zero-order chi connectivity index (χ0) is 31.1. The van der Waals surface area contributed by atoms with Gasteiger partial charge in [-0.25, -0.2) is 9.59 Å². The number of rotatable bonds is 8. The molecule has 0 spiro atoms. The van der Waals surface area contributed by atoms with Crippen LogP contribution in [0.5, 0.6) is 0 Å². The fourth-order valence-corrected chi connectivity index (χ4v) is 8.17. The van der Waals surface area contributed by atoms with Crippen LogP contribution in [0, 0.1) is 5.92 Å². The number of benzene rings is 2. The number of nitrogens with zero attached hydrogens (tertiary/aromatic N) is 4. The molecule has 1 N–H and O–H groups in total. The molecule has 4 aliphatic rings. The molecule has 3 fully saturated rings. The lowest BCUT2D eigenvalue weighted by molar-refractivity contribution is -0.153. The van der Waals surface area contributed by atoms with Crippen molar-refractivity contribution in [2.45, 2.75) is 43.7 Å². The van der Waals surface area contributed by atoms with E-state index in [-0.39, 0.29) is 36.1 Å². The summed E-state index contributed by atoms with van der Waals surface area (Å²) in [6, 6.07) is 20.7. The number of methoxy groups -OCH3 is 1. The van der Waals surface area contributed by atoms with Crippen molar-refractivity contribution >= 4 is 23.8 Å². The molecule has 7 rings (SSSR count). The normalized spacial score (nSPS) is 23.7. The van der Waals surface area contributed by atoms with Crippen LogP contribution in [0.25, 0.3) is 0 Å². The zero-order valence-corrected chi connectivity index (χ0v) is 25.6. The molecular weight excluding hydrogens is 570 g/mol. The van der Waals surface area contributed by atoms with Crippen molar-refractivity contribution in [1.82, 2.24) is 24.6 Å². The van der Waals surface area contributed by atoms with Gasteiger partial charge in [-0.1, -0.05) is 48.5 Å².